The van der Waals surface area contributed by atoms with Gasteiger partial charge in [-0.25, -0.2) is 0 Å². The van der Waals surface area contributed by atoms with Crippen LogP contribution in [0.25, 0.3) is 0 Å². The fourth-order valence-electron chi connectivity index (χ4n) is 3.51. The van der Waals surface area contributed by atoms with Crippen molar-refractivity contribution in [3.8, 4) is 0 Å². The molecule has 2 amide bonds. The van der Waals surface area contributed by atoms with Crippen LogP contribution in [0.15, 0.2) is 48.5 Å². The summed E-state index contributed by atoms with van der Waals surface area (Å²) in [7, 11) is 0. The molecule has 8 heteroatoms. The zero-order chi connectivity index (χ0) is 21.1. The summed E-state index contributed by atoms with van der Waals surface area (Å²) in [5.41, 5.74) is 1.36. The average Bonchev–Trinajstić information content (AvgIpc) is 2.76. The largest absolute Gasteiger partial charge is 0.379 e. The van der Waals surface area contributed by atoms with E-state index in [1.807, 2.05) is 51.1 Å². The van der Waals surface area contributed by atoms with E-state index in [0.717, 1.165) is 5.56 Å². The minimum Gasteiger partial charge on any atom is -0.379 e. The number of nitro benzene ring substituents is 1. The van der Waals surface area contributed by atoms with Crippen molar-refractivity contribution in [2.24, 2.45) is 0 Å². The Balaban J connectivity index is 2.07. The lowest BCUT2D eigenvalue weighted by Crippen LogP contribution is -2.55. The Labute approximate surface area is 169 Å². The summed E-state index contributed by atoms with van der Waals surface area (Å²) in [4.78, 5) is 38.6. The predicted molar refractivity (Wildman–Crippen MR) is 110 cm³/mol. The molecule has 0 fully saturated rings. The van der Waals surface area contributed by atoms with Crippen molar-refractivity contribution < 1.29 is 14.5 Å². The fraction of sp³-hybridized carbons (Fsp3) is 0.333. The van der Waals surface area contributed by atoms with Crippen molar-refractivity contribution in [1.29, 1.82) is 0 Å². The molecular formula is C21H24N4O4. The second-order valence-corrected chi connectivity index (χ2v) is 7.45. The lowest BCUT2D eigenvalue weighted by Gasteiger charge is -2.33. The number of carbonyl (C=O) groups is 2. The van der Waals surface area contributed by atoms with Crippen LogP contribution in [-0.4, -0.2) is 39.8 Å². The zero-order valence-corrected chi connectivity index (χ0v) is 16.6. The number of benzene rings is 2. The number of fused-ring (bicyclic) bond motifs is 1. The number of nitrogens with zero attached hydrogens (tertiary/aromatic N) is 2. The van der Waals surface area contributed by atoms with Crippen LogP contribution in [-0.2, 0) is 11.3 Å². The third-order valence-corrected chi connectivity index (χ3v) is 4.79. The molecule has 0 radical (unpaired) electrons. The van der Waals surface area contributed by atoms with E-state index in [9.17, 15) is 19.7 Å². The highest BCUT2D eigenvalue weighted by molar-refractivity contribution is 6.04. The Kier molecular flexibility index (Phi) is 5.81. The lowest BCUT2D eigenvalue weighted by atomic mass is 10.1. The topological polar surface area (TPSA) is 105 Å². The molecule has 0 aliphatic carbocycles. The Morgan fingerprint density at radius 1 is 1.24 bits per heavy atom. The summed E-state index contributed by atoms with van der Waals surface area (Å²) in [6, 6.07) is 12.2. The van der Waals surface area contributed by atoms with Crippen LogP contribution in [0.4, 0.5) is 11.4 Å². The van der Waals surface area contributed by atoms with Crippen molar-refractivity contribution in [1.82, 2.24) is 10.2 Å². The highest BCUT2D eigenvalue weighted by atomic mass is 16.6. The van der Waals surface area contributed by atoms with Crippen LogP contribution in [0, 0.1) is 10.1 Å². The third-order valence-electron chi connectivity index (χ3n) is 4.79. The molecule has 1 aliphatic rings. The monoisotopic (exact) mass is 396 g/mol. The van der Waals surface area contributed by atoms with Crippen molar-refractivity contribution in [2.75, 3.05) is 5.32 Å². The van der Waals surface area contributed by atoms with E-state index in [-0.39, 0.29) is 29.7 Å². The number of rotatable bonds is 5. The first kappa shape index (κ1) is 20.3. The maximum atomic E-state index is 13.4. The predicted octanol–water partition coefficient (Wildman–Crippen LogP) is 2.94. The normalized spacial score (nSPS) is 18.6. The van der Waals surface area contributed by atoms with E-state index < -0.39 is 22.9 Å². The molecular weight excluding hydrogens is 372 g/mol. The van der Waals surface area contributed by atoms with Gasteiger partial charge in [-0.15, -0.1) is 0 Å². The van der Waals surface area contributed by atoms with E-state index in [1.165, 1.54) is 23.1 Å². The molecule has 2 N–H and O–H groups in total. The number of hydrogen-bond donors (Lipinski definition) is 2. The summed E-state index contributed by atoms with van der Waals surface area (Å²) in [6.07, 6.45) is 0. The van der Waals surface area contributed by atoms with Gasteiger partial charge in [0.25, 0.3) is 11.6 Å². The summed E-state index contributed by atoms with van der Waals surface area (Å²) >= 11 is 0. The second kappa shape index (κ2) is 8.30. The smallest absolute Gasteiger partial charge is 0.270 e. The van der Waals surface area contributed by atoms with Crippen molar-refractivity contribution in [2.45, 2.75) is 45.4 Å². The van der Waals surface area contributed by atoms with Crippen LogP contribution in [0.5, 0.6) is 0 Å². The molecule has 0 saturated heterocycles. The summed E-state index contributed by atoms with van der Waals surface area (Å²) in [5.74, 6) is -0.695. The minimum absolute atomic E-state index is 0.0879. The van der Waals surface area contributed by atoms with E-state index >= 15 is 0 Å². The molecule has 29 heavy (non-hydrogen) atoms. The SMILES string of the molecule is CC(C)NC(=O)C1C(C)Nc2ccc([N+](=O)[O-])cc2C(=O)N1Cc1ccccc1. The highest BCUT2D eigenvalue weighted by Crippen LogP contribution is 2.30. The quantitative estimate of drug-likeness (QED) is 0.597. The number of carbonyl (C=O) groups excluding carboxylic acids is 2. The molecule has 0 aromatic heterocycles. The zero-order valence-electron chi connectivity index (χ0n) is 16.6. The number of nitro groups is 1. The van der Waals surface area contributed by atoms with Gasteiger partial charge < -0.3 is 15.5 Å². The van der Waals surface area contributed by atoms with Gasteiger partial charge in [0.1, 0.15) is 6.04 Å². The van der Waals surface area contributed by atoms with E-state index in [2.05, 4.69) is 10.6 Å². The molecule has 0 saturated carbocycles. The van der Waals surface area contributed by atoms with Gasteiger partial charge in [0.2, 0.25) is 5.91 Å². The summed E-state index contributed by atoms with van der Waals surface area (Å²) in [6.45, 7) is 5.75. The maximum Gasteiger partial charge on any atom is 0.270 e. The first-order chi connectivity index (χ1) is 13.8. The van der Waals surface area contributed by atoms with Gasteiger partial charge in [-0.05, 0) is 32.4 Å². The summed E-state index contributed by atoms with van der Waals surface area (Å²) in [5, 5.41) is 17.3. The molecule has 2 unspecified atom stereocenters. The fourth-order valence-corrected chi connectivity index (χ4v) is 3.51. The maximum absolute atomic E-state index is 13.4. The second-order valence-electron chi connectivity index (χ2n) is 7.45. The molecule has 0 bridgehead atoms. The average molecular weight is 396 g/mol. The Morgan fingerprint density at radius 3 is 2.55 bits per heavy atom. The number of anilines is 1. The van der Waals surface area contributed by atoms with Gasteiger partial charge in [0.15, 0.2) is 0 Å². The van der Waals surface area contributed by atoms with Crippen LogP contribution >= 0.6 is 0 Å². The van der Waals surface area contributed by atoms with Gasteiger partial charge in [-0.2, -0.15) is 0 Å². The highest BCUT2D eigenvalue weighted by Gasteiger charge is 2.39. The third kappa shape index (κ3) is 4.37. The van der Waals surface area contributed by atoms with E-state index in [1.54, 1.807) is 0 Å². The first-order valence-corrected chi connectivity index (χ1v) is 9.48. The number of hydrogen-bond acceptors (Lipinski definition) is 5. The molecule has 1 aliphatic heterocycles. The van der Waals surface area contributed by atoms with Crippen LogP contribution in [0.2, 0.25) is 0 Å². The van der Waals surface area contributed by atoms with Crippen molar-refractivity contribution >= 4 is 23.2 Å². The number of non-ortho nitro benzene ring substituents is 1. The standard InChI is InChI=1S/C21H24N4O4/c1-13(2)22-20(26)19-14(3)23-18-10-9-16(25(28)29)11-17(18)21(27)24(19)12-15-7-5-4-6-8-15/h4-11,13-14,19,23H,12H2,1-3H3,(H,22,26). The Bertz CT molecular complexity index is 930. The van der Waals surface area contributed by atoms with Gasteiger partial charge >= 0.3 is 0 Å². The van der Waals surface area contributed by atoms with Gasteiger partial charge in [0, 0.05) is 30.4 Å². The summed E-state index contributed by atoms with van der Waals surface area (Å²) < 4.78 is 0. The molecule has 0 spiro atoms. The molecule has 2 aromatic rings. The van der Waals surface area contributed by atoms with Crippen LogP contribution in [0.1, 0.15) is 36.7 Å². The van der Waals surface area contributed by atoms with Crippen LogP contribution in [0.3, 0.4) is 0 Å². The molecule has 1 heterocycles. The van der Waals surface area contributed by atoms with Crippen LogP contribution < -0.4 is 10.6 Å². The van der Waals surface area contributed by atoms with Crippen molar-refractivity contribution in [3.63, 3.8) is 0 Å². The lowest BCUT2D eigenvalue weighted by molar-refractivity contribution is -0.384. The Hall–Kier alpha value is -3.42. The van der Waals surface area contributed by atoms with Gasteiger partial charge in [-0.1, -0.05) is 30.3 Å². The van der Waals surface area contributed by atoms with E-state index in [0.29, 0.717) is 5.69 Å². The number of nitrogens with one attached hydrogen (secondary N) is 2. The molecule has 3 rings (SSSR count). The van der Waals surface area contributed by atoms with Crippen molar-refractivity contribution in [3.05, 3.63) is 69.8 Å². The molecule has 152 valence electrons. The molecule has 8 nitrogen and oxygen atoms in total. The number of amides is 2. The first-order valence-electron chi connectivity index (χ1n) is 9.48. The molecule has 2 aromatic carbocycles. The van der Waals surface area contributed by atoms with Gasteiger partial charge in [0.05, 0.1) is 16.5 Å². The Morgan fingerprint density at radius 2 is 1.93 bits per heavy atom. The van der Waals surface area contributed by atoms with Gasteiger partial charge in [-0.3, -0.25) is 19.7 Å². The molecule has 2 atom stereocenters. The minimum atomic E-state index is -0.781. The van der Waals surface area contributed by atoms with E-state index in [4.69, 9.17) is 0 Å².